The van der Waals surface area contributed by atoms with Crippen molar-refractivity contribution in [2.45, 2.75) is 70.2 Å². The fourth-order valence-electron chi connectivity index (χ4n) is 5.50. The predicted molar refractivity (Wildman–Crippen MR) is 178 cm³/mol. The smallest absolute Gasteiger partial charge is 0.411 e. The van der Waals surface area contributed by atoms with Crippen LogP contribution in [0.5, 0.6) is 0 Å². The van der Waals surface area contributed by atoms with Gasteiger partial charge in [0.15, 0.2) is 0 Å². The Morgan fingerprint density at radius 1 is 0.958 bits per heavy atom. The Hall–Kier alpha value is -4.91. The third kappa shape index (κ3) is 10.6. The molecule has 0 unspecified atom stereocenters. The predicted octanol–water partition coefficient (Wildman–Crippen LogP) is 3.72. The maximum Gasteiger partial charge on any atom is 0.411 e. The summed E-state index contributed by atoms with van der Waals surface area (Å²) in [5.74, 6) is -1.60. The molecule has 4 rings (SSSR count). The van der Waals surface area contributed by atoms with Crippen molar-refractivity contribution in [3.05, 3.63) is 66.7 Å². The number of allylic oxidation sites excluding steroid dienone is 2. The molecule has 13 nitrogen and oxygen atoms in total. The number of nitrogens with one attached hydrogen (secondary N) is 2. The number of likely N-dealkylation sites (tertiary alicyclic amines) is 1. The molecule has 0 spiro atoms. The average Bonchev–Trinajstić information content (AvgIpc) is 3.69. The van der Waals surface area contributed by atoms with Crippen LogP contribution >= 0.6 is 0 Å². The van der Waals surface area contributed by atoms with Crippen LogP contribution in [0.2, 0.25) is 0 Å². The zero-order valence-electron chi connectivity index (χ0n) is 27.6. The number of hydrogen-bond donors (Lipinski definition) is 4. The van der Waals surface area contributed by atoms with Crippen LogP contribution in [0.4, 0.5) is 15.3 Å². The van der Waals surface area contributed by atoms with Gasteiger partial charge in [0.05, 0.1) is 18.8 Å². The number of amides is 5. The van der Waals surface area contributed by atoms with Gasteiger partial charge in [-0.05, 0) is 57.6 Å². The number of primary amides is 2. The molecule has 1 aliphatic carbocycles. The molecule has 1 saturated heterocycles. The van der Waals surface area contributed by atoms with Crippen LogP contribution in [0.15, 0.2) is 66.7 Å². The lowest BCUT2D eigenvalue weighted by Gasteiger charge is -2.28. The monoisotopic (exact) mass is 663 g/mol. The van der Waals surface area contributed by atoms with Crippen LogP contribution in [0.25, 0.3) is 11.1 Å². The summed E-state index contributed by atoms with van der Waals surface area (Å²) in [6.45, 7) is 5.04. The number of carbonyl (C=O) groups excluding carboxylic acids is 5. The minimum atomic E-state index is -1.20. The lowest BCUT2D eigenvalue weighted by atomic mass is 10.0. The number of carbonyl (C=O) groups is 5. The van der Waals surface area contributed by atoms with Crippen LogP contribution in [0, 0.1) is 11.8 Å². The standard InChI is InChI=1S/C35H45N5O8/c1-35(2,3)48-34(45)39-28(21-46-17-11-5-8-14-23-18-26(23)30(36)41)32(43)40-20-24(19-29(40)31(37)42)47-33(44)38-27-16-10-9-15-25(27)22-12-6-4-7-13-22/h4,6-10,12-16,23-24,26,28-29H,5,11,17-21H2,1-3H3,(H2,36,41)(H2,37,42)(H,38,44)(H,39,45)/b14-8-/t23-,24-,26+,28+,29+/m1/s1. The molecule has 2 aromatic carbocycles. The number of para-hydroxylation sites is 1. The zero-order chi connectivity index (χ0) is 34.8. The summed E-state index contributed by atoms with van der Waals surface area (Å²) < 4.78 is 16.7. The zero-order valence-corrected chi connectivity index (χ0v) is 27.6. The van der Waals surface area contributed by atoms with E-state index in [0.29, 0.717) is 18.5 Å². The molecule has 1 saturated carbocycles. The van der Waals surface area contributed by atoms with E-state index in [0.717, 1.165) is 17.5 Å². The van der Waals surface area contributed by atoms with E-state index in [9.17, 15) is 24.0 Å². The molecular formula is C35H45N5O8. The molecule has 6 N–H and O–H groups in total. The highest BCUT2D eigenvalue weighted by atomic mass is 16.6. The Labute approximate surface area is 280 Å². The van der Waals surface area contributed by atoms with E-state index in [1.165, 1.54) is 4.90 Å². The highest BCUT2D eigenvalue weighted by Gasteiger charge is 2.43. The van der Waals surface area contributed by atoms with E-state index < -0.39 is 47.8 Å². The Bertz CT molecular complexity index is 1490. The van der Waals surface area contributed by atoms with Gasteiger partial charge in [-0.3, -0.25) is 19.7 Å². The topological polar surface area (TPSA) is 192 Å². The van der Waals surface area contributed by atoms with E-state index in [1.807, 2.05) is 54.6 Å². The molecule has 1 aliphatic heterocycles. The first-order valence-corrected chi connectivity index (χ1v) is 16.1. The van der Waals surface area contributed by atoms with Gasteiger partial charge in [0.25, 0.3) is 0 Å². The number of nitrogens with zero attached hydrogens (tertiary/aromatic N) is 1. The van der Waals surface area contributed by atoms with E-state index in [2.05, 4.69) is 10.6 Å². The number of anilines is 1. The minimum Gasteiger partial charge on any atom is -0.444 e. The van der Waals surface area contributed by atoms with Crippen molar-refractivity contribution in [1.82, 2.24) is 10.2 Å². The molecule has 13 heteroatoms. The molecule has 258 valence electrons. The molecule has 5 atom stereocenters. The molecule has 2 aliphatic rings. The van der Waals surface area contributed by atoms with Gasteiger partial charge >= 0.3 is 12.2 Å². The van der Waals surface area contributed by atoms with Gasteiger partial charge in [-0.2, -0.15) is 0 Å². The van der Waals surface area contributed by atoms with Gasteiger partial charge in [0, 0.05) is 24.5 Å². The fourth-order valence-corrected chi connectivity index (χ4v) is 5.50. The highest BCUT2D eigenvalue weighted by Crippen LogP contribution is 2.39. The third-order valence-corrected chi connectivity index (χ3v) is 7.92. The summed E-state index contributed by atoms with van der Waals surface area (Å²) >= 11 is 0. The van der Waals surface area contributed by atoms with Crippen molar-refractivity contribution in [2.24, 2.45) is 23.3 Å². The molecule has 0 bridgehead atoms. The summed E-state index contributed by atoms with van der Waals surface area (Å²) in [4.78, 5) is 64.3. The second-order valence-corrected chi connectivity index (χ2v) is 13.0. The molecule has 5 amide bonds. The number of hydrogen-bond acceptors (Lipinski definition) is 8. The quantitative estimate of drug-likeness (QED) is 0.174. The Morgan fingerprint density at radius 2 is 1.67 bits per heavy atom. The van der Waals surface area contributed by atoms with Crippen molar-refractivity contribution < 1.29 is 38.2 Å². The van der Waals surface area contributed by atoms with E-state index in [-0.39, 0.29) is 43.9 Å². The van der Waals surface area contributed by atoms with Crippen molar-refractivity contribution >= 4 is 35.6 Å². The van der Waals surface area contributed by atoms with Crippen LogP contribution in [0.3, 0.4) is 0 Å². The normalized spacial score (nSPS) is 20.9. The molecule has 2 aromatic rings. The van der Waals surface area contributed by atoms with Crippen LogP contribution in [-0.2, 0) is 28.6 Å². The number of unbranched alkanes of at least 4 members (excludes halogenated alkanes) is 1. The first-order valence-electron chi connectivity index (χ1n) is 16.1. The second kappa shape index (κ2) is 16.3. The summed E-state index contributed by atoms with van der Waals surface area (Å²) in [6, 6.07) is 14.5. The second-order valence-electron chi connectivity index (χ2n) is 13.0. The maximum atomic E-state index is 13.8. The van der Waals surface area contributed by atoms with Crippen molar-refractivity contribution in [3.63, 3.8) is 0 Å². The Kier molecular flexibility index (Phi) is 12.2. The van der Waals surface area contributed by atoms with Gasteiger partial charge in [0.2, 0.25) is 17.7 Å². The van der Waals surface area contributed by atoms with E-state index in [4.69, 9.17) is 25.7 Å². The minimum absolute atomic E-state index is 0.0151. The average molecular weight is 664 g/mol. The lowest BCUT2D eigenvalue weighted by molar-refractivity contribution is -0.140. The molecule has 0 aromatic heterocycles. The maximum absolute atomic E-state index is 13.8. The highest BCUT2D eigenvalue weighted by molar-refractivity contribution is 5.93. The lowest BCUT2D eigenvalue weighted by Crippen LogP contribution is -2.55. The molecule has 1 heterocycles. The molecule has 2 fully saturated rings. The van der Waals surface area contributed by atoms with Crippen molar-refractivity contribution in [1.29, 1.82) is 0 Å². The van der Waals surface area contributed by atoms with Gasteiger partial charge in [-0.1, -0.05) is 60.7 Å². The van der Waals surface area contributed by atoms with Crippen molar-refractivity contribution in [2.75, 3.05) is 25.1 Å². The number of nitrogens with two attached hydrogens (primary N) is 2. The first-order chi connectivity index (χ1) is 22.8. The van der Waals surface area contributed by atoms with E-state index in [1.54, 1.807) is 32.9 Å². The largest absolute Gasteiger partial charge is 0.444 e. The van der Waals surface area contributed by atoms with Crippen LogP contribution in [0.1, 0.15) is 46.5 Å². The van der Waals surface area contributed by atoms with Gasteiger partial charge in [0.1, 0.15) is 23.8 Å². The van der Waals surface area contributed by atoms with Crippen LogP contribution in [-0.4, -0.2) is 78.4 Å². The SMILES string of the molecule is CC(C)(C)OC(=O)N[C@@H](COCCC/C=C\[C@@H]1C[C@@H]1C(N)=O)C(=O)N1C[C@H](OC(=O)Nc2ccccc2-c2ccccc2)C[C@H]1C(N)=O. The van der Waals surface area contributed by atoms with Gasteiger partial charge in [-0.25, -0.2) is 9.59 Å². The number of ether oxygens (including phenoxy) is 3. The Balaban J connectivity index is 1.36. The number of benzene rings is 2. The summed E-state index contributed by atoms with van der Waals surface area (Å²) in [7, 11) is 0. The van der Waals surface area contributed by atoms with Gasteiger partial charge < -0.3 is 35.9 Å². The van der Waals surface area contributed by atoms with Crippen LogP contribution < -0.4 is 22.1 Å². The molecular weight excluding hydrogens is 618 g/mol. The first kappa shape index (κ1) is 35.9. The van der Waals surface area contributed by atoms with E-state index >= 15 is 0 Å². The third-order valence-electron chi connectivity index (χ3n) is 7.92. The van der Waals surface area contributed by atoms with Gasteiger partial charge in [-0.15, -0.1) is 0 Å². The Morgan fingerprint density at radius 3 is 2.33 bits per heavy atom. The summed E-state index contributed by atoms with van der Waals surface area (Å²) in [6.07, 6.45) is 3.58. The molecule has 48 heavy (non-hydrogen) atoms. The van der Waals surface area contributed by atoms with Crippen molar-refractivity contribution in [3.8, 4) is 11.1 Å². The summed E-state index contributed by atoms with van der Waals surface area (Å²) in [5.41, 5.74) is 12.4. The number of alkyl carbamates (subject to hydrolysis) is 1. The summed E-state index contributed by atoms with van der Waals surface area (Å²) in [5, 5.41) is 5.31. The fraction of sp³-hybridized carbons (Fsp3) is 0.457. The molecule has 0 radical (unpaired) electrons. The number of rotatable bonds is 14.